The Balaban J connectivity index is 1.87. The van der Waals surface area contributed by atoms with Crippen LogP contribution in [-0.2, 0) is 11.3 Å². The summed E-state index contributed by atoms with van der Waals surface area (Å²) in [7, 11) is 0. The highest BCUT2D eigenvalue weighted by Crippen LogP contribution is 2.32. The number of carbonyl (C=O) groups is 2. The summed E-state index contributed by atoms with van der Waals surface area (Å²) in [6.45, 7) is 0.395. The first-order chi connectivity index (χ1) is 9.49. The number of carboxylic acids is 1. The molecule has 110 valence electrons. The Kier molecular flexibility index (Phi) is 4.88. The summed E-state index contributed by atoms with van der Waals surface area (Å²) < 4.78 is 0.681. The summed E-state index contributed by atoms with van der Waals surface area (Å²) in [5.74, 6) is -0.878. The number of thiophene rings is 1. The van der Waals surface area contributed by atoms with Crippen molar-refractivity contribution in [3.8, 4) is 0 Å². The molecule has 7 heteroatoms. The van der Waals surface area contributed by atoms with E-state index in [0.717, 1.165) is 30.6 Å². The van der Waals surface area contributed by atoms with Gasteiger partial charge in [-0.2, -0.15) is 0 Å². The molecular weight excluding hydrogens is 300 g/mol. The Labute approximate surface area is 126 Å². The molecule has 0 bridgehead atoms. The summed E-state index contributed by atoms with van der Waals surface area (Å²) in [6, 6.07) is 3.32. The molecule has 1 fully saturated rings. The zero-order valence-electron chi connectivity index (χ0n) is 10.9. The van der Waals surface area contributed by atoms with E-state index in [1.807, 2.05) is 6.07 Å². The van der Waals surface area contributed by atoms with Gasteiger partial charge >= 0.3 is 12.0 Å². The van der Waals surface area contributed by atoms with Crippen molar-refractivity contribution in [1.82, 2.24) is 10.6 Å². The van der Waals surface area contributed by atoms with Gasteiger partial charge in [0.1, 0.15) is 0 Å². The van der Waals surface area contributed by atoms with Crippen molar-refractivity contribution in [3.05, 3.63) is 21.3 Å². The molecule has 0 unspecified atom stereocenters. The highest BCUT2D eigenvalue weighted by molar-refractivity contribution is 7.16. The van der Waals surface area contributed by atoms with E-state index in [4.69, 9.17) is 16.7 Å². The Morgan fingerprint density at radius 3 is 2.60 bits per heavy atom. The van der Waals surface area contributed by atoms with Gasteiger partial charge in [-0.05, 0) is 25.0 Å². The van der Waals surface area contributed by atoms with Gasteiger partial charge in [0.05, 0.1) is 22.8 Å². The maximum Gasteiger partial charge on any atom is 0.315 e. The molecule has 2 amide bonds. The minimum atomic E-state index is -0.878. The van der Waals surface area contributed by atoms with Crippen LogP contribution in [0.15, 0.2) is 12.1 Å². The molecule has 0 aromatic carbocycles. The number of hydrogen-bond donors (Lipinski definition) is 3. The summed E-state index contributed by atoms with van der Waals surface area (Å²) in [5.41, 5.74) is -0.594. The number of hydrogen-bond acceptors (Lipinski definition) is 3. The maximum atomic E-state index is 11.9. The smallest absolute Gasteiger partial charge is 0.315 e. The molecule has 0 radical (unpaired) electrons. The first kappa shape index (κ1) is 15.1. The van der Waals surface area contributed by atoms with E-state index in [1.165, 1.54) is 11.3 Å². The predicted molar refractivity (Wildman–Crippen MR) is 78.2 cm³/mol. The second-order valence-electron chi connectivity index (χ2n) is 5.07. The first-order valence-electron chi connectivity index (χ1n) is 6.51. The van der Waals surface area contributed by atoms with Crippen LogP contribution in [0.5, 0.6) is 0 Å². The summed E-state index contributed by atoms with van der Waals surface area (Å²) in [6.07, 6.45) is 3.32. The fourth-order valence-electron chi connectivity index (χ4n) is 2.59. The number of nitrogens with one attached hydrogen (secondary N) is 2. The Morgan fingerprint density at radius 2 is 2.05 bits per heavy atom. The Morgan fingerprint density at radius 1 is 1.35 bits per heavy atom. The Bertz CT molecular complexity index is 498. The molecular formula is C13H17ClN2O3S. The fraction of sp³-hybridized carbons (Fsp3) is 0.538. The lowest BCUT2D eigenvalue weighted by Crippen LogP contribution is -2.51. The van der Waals surface area contributed by atoms with Gasteiger partial charge in [-0.15, -0.1) is 11.3 Å². The van der Waals surface area contributed by atoms with Crippen LogP contribution in [0.4, 0.5) is 4.79 Å². The molecule has 0 saturated heterocycles. The molecule has 1 aromatic rings. The van der Waals surface area contributed by atoms with Crippen molar-refractivity contribution in [2.45, 2.75) is 44.2 Å². The molecule has 1 aliphatic carbocycles. The third kappa shape index (κ3) is 4.11. The fourth-order valence-corrected chi connectivity index (χ4v) is 3.61. The van der Waals surface area contributed by atoms with Crippen molar-refractivity contribution >= 4 is 34.9 Å². The van der Waals surface area contributed by atoms with Gasteiger partial charge in [0.2, 0.25) is 0 Å². The SMILES string of the molecule is O=C(O)CC1(NC(=O)NCc2ccc(Cl)s2)CCCC1. The number of amides is 2. The Hall–Kier alpha value is -1.27. The normalized spacial score (nSPS) is 16.9. The van der Waals surface area contributed by atoms with Crippen molar-refractivity contribution in [2.24, 2.45) is 0 Å². The summed E-state index contributed by atoms with van der Waals surface area (Å²) in [4.78, 5) is 23.8. The van der Waals surface area contributed by atoms with Crippen LogP contribution < -0.4 is 10.6 Å². The van der Waals surface area contributed by atoms with Gasteiger partial charge in [0.25, 0.3) is 0 Å². The first-order valence-corrected chi connectivity index (χ1v) is 7.71. The highest BCUT2D eigenvalue weighted by Gasteiger charge is 2.37. The standard InChI is InChI=1S/C13H17ClN2O3S/c14-10-4-3-9(20-10)8-15-12(19)16-13(7-11(17)18)5-1-2-6-13/h3-4H,1-2,5-8H2,(H,17,18)(H2,15,16,19). The van der Waals surface area contributed by atoms with Crippen LogP contribution in [0.25, 0.3) is 0 Å². The quantitative estimate of drug-likeness (QED) is 0.781. The van der Waals surface area contributed by atoms with Crippen molar-refractivity contribution < 1.29 is 14.7 Å². The average molecular weight is 317 g/mol. The third-order valence-electron chi connectivity index (χ3n) is 3.48. The van der Waals surface area contributed by atoms with E-state index in [0.29, 0.717) is 10.9 Å². The molecule has 1 heterocycles. The number of aliphatic carboxylic acids is 1. The number of halogens is 1. The van der Waals surface area contributed by atoms with Crippen LogP contribution in [-0.4, -0.2) is 22.6 Å². The predicted octanol–water partition coefficient (Wildman–Crippen LogP) is 2.99. The maximum absolute atomic E-state index is 11.9. The van der Waals surface area contributed by atoms with Gasteiger partial charge in [0, 0.05) is 4.88 Å². The van der Waals surface area contributed by atoms with Crippen LogP contribution in [0.2, 0.25) is 4.34 Å². The largest absolute Gasteiger partial charge is 0.481 e. The van der Waals surface area contributed by atoms with Crippen molar-refractivity contribution in [1.29, 1.82) is 0 Å². The molecule has 2 rings (SSSR count). The van der Waals surface area contributed by atoms with E-state index in [2.05, 4.69) is 10.6 Å². The number of urea groups is 1. The molecule has 0 aliphatic heterocycles. The molecule has 0 atom stereocenters. The molecule has 1 aliphatic rings. The zero-order valence-corrected chi connectivity index (χ0v) is 12.5. The monoisotopic (exact) mass is 316 g/mol. The van der Waals surface area contributed by atoms with E-state index in [1.54, 1.807) is 6.07 Å². The summed E-state index contributed by atoms with van der Waals surface area (Å²) >= 11 is 7.23. The minimum absolute atomic E-state index is 0.0226. The number of carbonyl (C=O) groups excluding carboxylic acids is 1. The van der Waals surface area contributed by atoms with E-state index < -0.39 is 11.5 Å². The molecule has 3 N–H and O–H groups in total. The van der Waals surface area contributed by atoms with Crippen molar-refractivity contribution in [3.63, 3.8) is 0 Å². The lowest BCUT2D eigenvalue weighted by atomic mass is 9.93. The van der Waals surface area contributed by atoms with Gasteiger partial charge < -0.3 is 15.7 Å². The molecule has 1 aromatic heterocycles. The lowest BCUT2D eigenvalue weighted by Gasteiger charge is -2.28. The second kappa shape index (κ2) is 6.45. The average Bonchev–Trinajstić information content (AvgIpc) is 2.95. The lowest BCUT2D eigenvalue weighted by molar-refractivity contribution is -0.138. The number of carboxylic acid groups (broad SMARTS) is 1. The van der Waals surface area contributed by atoms with Crippen LogP contribution in [0.3, 0.4) is 0 Å². The van der Waals surface area contributed by atoms with Crippen LogP contribution in [0.1, 0.15) is 37.0 Å². The molecule has 1 saturated carbocycles. The van der Waals surface area contributed by atoms with Crippen LogP contribution in [0, 0.1) is 0 Å². The minimum Gasteiger partial charge on any atom is -0.481 e. The molecule has 5 nitrogen and oxygen atoms in total. The number of rotatable bonds is 5. The van der Waals surface area contributed by atoms with Gasteiger partial charge in [-0.25, -0.2) is 4.79 Å². The molecule has 20 heavy (non-hydrogen) atoms. The van der Waals surface area contributed by atoms with Gasteiger partial charge in [-0.1, -0.05) is 24.4 Å². The second-order valence-corrected chi connectivity index (χ2v) is 6.87. The van der Waals surface area contributed by atoms with E-state index in [9.17, 15) is 9.59 Å². The van der Waals surface area contributed by atoms with Gasteiger partial charge in [-0.3, -0.25) is 4.79 Å². The highest BCUT2D eigenvalue weighted by atomic mass is 35.5. The zero-order chi connectivity index (χ0) is 14.6. The summed E-state index contributed by atoms with van der Waals surface area (Å²) in [5, 5.41) is 14.6. The van der Waals surface area contributed by atoms with Crippen LogP contribution >= 0.6 is 22.9 Å². The molecule has 0 spiro atoms. The third-order valence-corrected chi connectivity index (χ3v) is 4.71. The van der Waals surface area contributed by atoms with Gasteiger partial charge in [0.15, 0.2) is 0 Å². The van der Waals surface area contributed by atoms with Crippen molar-refractivity contribution in [2.75, 3.05) is 0 Å². The topological polar surface area (TPSA) is 78.4 Å². The van der Waals surface area contributed by atoms with E-state index >= 15 is 0 Å². The van der Waals surface area contributed by atoms with E-state index in [-0.39, 0.29) is 12.5 Å².